The lowest BCUT2D eigenvalue weighted by molar-refractivity contribution is -0.139. The summed E-state index contributed by atoms with van der Waals surface area (Å²) in [5.41, 5.74) is 1.53. The zero-order chi connectivity index (χ0) is 15.9. The first-order chi connectivity index (χ1) is 10.7. The maximum atomic E-state index is 11.5. The van der Waals surface area contributed by atoms with E-state index in [9.17, 15) is 9.90 Å². The Morgan fingerprint density at radius 1 is 1.09 bits per heavy atom. The minimum absolute atomic E-state index is 0.147. The van der Waals surface area contributed by atoms with E-state index in [4.69, 9.17) is 9.47 Å². The van der Waals surface area contributed by atoms with Gasteiger partial charge in [-0.05, 0) is 24.6 Å². The molecule has 0 unspecified atom stereocenters. The number of phenols is 1. The number of methoxy groups -OCH3 is 1. The maximum absolute atomic E-state index is 11.5. The van der Waals surface area contributed by atoms with E-state index < -0.39 is 0 Å². The molecule has 4 nitrogen and oxygen atoms in total. The van der Waals surface area contributed by atoms with Crippen LogP contribution in [0.4, 0.5) is 0 Å². The molecule has 2 aromatic rings. The van der Waals surface area contributed by atoms with Crippen LogP contribution in [0.5, 0.6) is 17.2 Å². The molecule has 0 radical (unpaired) electrons. The van der Waals surface area contributed by atoms with Crippen LogP contribution in [-0.4, -0.2) is 18.2 Å². The summed E-state index contributed by atoms with van der Waals surface area (Å²) in [6, 6.07) is 12.5. The van der Waals surface area contributed by atoms with Crippen molar-refractivity contribution in [1.29, 1.82) is 0 Å². The zero-order valence-electron chi connectivity index (χ0n) is 12.8. The Bertz CT molecular complexity index is 649. The van der Waals surface area contributed by atoms with Gasteiger partial charge in [-0.1, -0.05) is 37.6 Å². The zero-order valence-corrected chi connectivity index (χ0v) is 12.8. The molecule has 2 aromatic carbocycles. The molecule has 0 aliphatic rings. The number of carbonyl (C=O) groups is 1. The third kappa shape index (κ3) is 3.79. The van der Waals surface area contributed by atoms with Crippen LogP contribution in [-0.2, 0) is 22.4 Å². The van der Waals surface area contributed by atoms with Crippen molar-refractivity contribution in [2.75, 3.05) is 7.11 Å². The van der Waals surface area contributed by atoms with Gasteiger partial charge in [0.25, 0.3) is 0 Å². The molecule has 22 heavy (non-hydrogen) atoms. The minimum atomic E-state index is -0.319. The van der Waals surface area contributed by atoms with Crippen LogP contribution >= 0.6 is 0 Å². The van der Waals surface area contributed by atoms with Crippen LogP contribution in [0.25, 0.3) is 0 Å². The average Bonchev–Trinajstić information content (AvgIpc) is 2.52. The molecule has 0 aliphatic carbocycles. The lowest BCUT2D eigenvalue weighted by Crippen LogP contribution is -2.05. The first kappa shape index (κ1) is 15.9. The fourth-order valence-corrected chi connectivity index (χ4v) is 2.25. The number of phenolic OH excluding ortho intramolecular Hbond substituents is 1. The number of carbonyl (C=O) groups excluding carboxylic acids is 1. The highest BCUT2D eigenvalue weighted by Crippen LogP contribution is 2.33. The van der Waals surface area contributed by atoms with Gasteiger partial charge >= 0.3 is 5.97 Å². The molecule has 2 rings (SSSR count). The van der Waals surface area contributed by atoms with Crippen molar-refractivity contribution < 1.29 is 19.4 Å². The number of hydrogen-bond acceptors (Lipinski definition) is 4. The number of esters is 1. The summed E-state index contributed by atoms with van der Waals surface area (Å²) in [6.45, 7) is 2.04. The standard InChI is InChI=1S/C18H20O4/c1-3-7-14-15(19)9-6-11-17(14)22-16-10-5-4-8-13(16)12-18(20)21-2/h4-6,8-11,19H,3,7,12H2,1-2H3. The predicted octanol–water partition coefficient (Wildman–Crippen LogP) is 3.85. The molecule has 0 aliphatic heterocycles. The number of benzene rings is 2. The second-order valence-corrected chi connectivity index (χ2v) is 4.97. The van der Waals surface area contributed by atoms with Crippen LogP contribution in [0.15, 0.2) is 42.5 Å². The molecular formula is C18H20O4. The molecule has 0 aromatic heterocycles. The smallest absolute Gasteiger partial charge is 0.310 e. The van der Waals surface area contributed by atoms with Crippen LogP contribution < -0.4 is 4.74 Å². The highest BCUT2D eigenvalue weighted by atomic mass is 16.5. The Morgan fingerprint density at radius 2 is 1.82 bits per heavy atom. The average molecular weight is 300 g/mol. The van der Waals surface area contributed by atoms with Crippen molar-refractivity contribution in [2.24, 2.45) is 0 Å². The highest BCUT2D eigenvalue weighted by molar-refractivity contribution is 5.73. The summed E-state index contributed by atoms with van der Waals surface area (Å²) < 4.78 is 10.7. The first-order valence-corrected chi connectivity index (χ1v) is 7.29. The van der Waals surface area contributed by atoms with Crippen molar-refractivity contribution in [1.82, 2.24) is 0 Å². The van der Waals surface area contributed by atoms with Crippen LogP contribution in [0.3, 0.4) is 0 Å². The number of hydrogen-bond donors (Lipinski definition) is 1. The highest BCUT2D eigenvalue weighted by Gasteiger charge is 2.13. The van der Waals surface area contributed by atoms with Crippen molar-refractivity contribution >= 4 is 5.97 Å². The summed E-state index contributed by atoms with van der Waals surface area (Å²) in [5, 5.41) is 10.00. The van der Waals surface area contributed by atoms with Crippen LogP contribution in [0, 0.1) is 0 Å². The molecular weight excluding hydrogens is 280 g/mol. The van der Waals surface area contributed by atoms with Gasteiger partial charge in [0.15, 0.2) is 0 Å². The molecule has 0 bridgehead atoms. The summed E-state index contributed by atoms with van der Waals surface area (Å²) in [7, 11) is 1.36. The summed E-state index contributed by atoms with van der Waals surface area (Å²) in [5.74, 6) is 1.11. The summed E-state index contributed by atoms with van der Waals surface area (Å²) >= 11 is 0. The minimum Gasteiger partial charge on any atom is -0.508 e. The van der Waals surface area contributed by atoms with Crippen molar-refractivity contribution in [3.05, 3.63) is 53.6 Å². The normalized spacial score (nSPS) is 10.3. The van der Waals surface area contributed by atoms with Gasteiger partial charge in [-0.15, -0.1) is 0 Å². The van der Waals surface area contributed by atoms with Gasteiger partial charge in [0.2, 0.25) is 0 Å². The molecule has 0 saturated heterocycles. The molecule has 1 N–H and O–H groups in total. The van der Waals surface area contributed by atoms with E-state index in [-0.39, 0.29) is 18.1 Å². The van der Waals surface area contributed by atoms with E-state index in [1.165, 1.54) is 7.11 Å². The Labute approximate surface area is 130 Å². The molecule has 0 saturated carbocycles. The van der Waals surface area contributed by atoms with Gasteiger partial charge < -0.3 is 14.6 Å². The van der Waals surface area contributed by atoms with Gasteiger partial charge in [-0.2, -0.15) is 0 Å². The monoisotopic (exact) mass is 300 g/mol. The van der Waals surface area contributed by atoms with Crippen LogP contribution in [0.2, 0.25) is 0 Å². The molecule has 4 heteroatoms. The lowest BCUT2D eigenvalue weighted by atomic mass is 10.1. The van der Waals surface area contributed by atoms with Gasteiger partial charge in [0.1, 0.15) is 17.2 Å². The molecule has 0 heterocycles. The topological polar surface area (TPSA) is 55.8 Å². The quantitative estimate of drug-likeness (QED) is 0.823. The van der Waals surface area contributed by atoms with Crippen LogP contribution in [0.1, 0.15) is 24.5 Å². The fraction of sp³-hybridized carbons (Fsp3) is 0.278. The van der Waals surface area contributed by atoms with E-state index in [1.54, 1.807) is 18.2 Å². The van der Waals surface area contributed by atoms with E-state index in [0.29, 0.717) is 11.5 Å². The molecule has 0 atom stereocenters. The van der Waals surface area contributed by atoms with Gasteiger partial charge in [0.05, 0.1) is 13.5 Å². The van der Waals surface area contributed by atoms with Crippen molar-refractivity contribution in [3.8, 4) is 17.2 Å². The van der Waals surface area contributed by atoms with E-state index in [0.717, 1.165) is 24.0 Å². The second kappa shape index (κ2) is 7.50. The molecule has 0 spiro atoms. The second-order valence-electron chi connectivity index (χ2n) is 4.97. The largest absolute Gasteiger partial charge is 0.508 e. The summed E-state index contributed by atoms with van der Waals surface area (Å²) in [4.78, 5) is 11.5. The first-order valence-electron chi connectivity index (χ1n) is 7.29. The molecule has 0 amide bonds. The lowest BCUT2D eigenvalue weighted by Gasteiger charge is -2.14. The Morgan fingerprint density at radius 3 is 2.55 bits per heavy atom. The third-order valence-corrected chi connectivity index (χ3v) is 3.36. The third-order valence-electron chi connectivity index (χ3n) is 3.36. The Kier molecular flexibility index (Phi) is 5.42. The predicted molar refractivity (Wildman–Crippen MR) is 84.3 cm³/mol. The van der Waals surface area contributed by atoms with Gasteiger partial charge in [0, 0.05) is 11.1 Å². The Balaban J connectivity index is 2.31. The fourth-order valence-electron chi connectivity index (χ4n) is 2.25. The molecule has 0 fully saturated rings. The van der Waals surface area contributed by atoms with Crippen molar-refractivity contribution in [3.63, 3.8) is 0 Å². The van der Waals surface area contributed by atoms with E-state index in [1.807, 2.05) is 31.2 Å². The van der Waals surface area contributed by atoms with Crippen molar-refractivity contribution in [2.45, 2.75) is 26.2 Å². The number of rotatable bonds is 6. The SMILES string of the molecule is CCCc1c(O)cccc1Oc1ccccc1CC(=O)OC. The number of aromatic hydroxyl groups is 1. The summed E-state index contributed by atoms with van der Waals surface area (Å²) in [6.07, 6.45) is 1.77. The maximum Gasteiger partial charge on any atom is 0.310 e. The van der Waals surface area contributed by atoms with E-state index >= 15 is 0 Å². The molecule has 116 valence electrons. The number of ether oxygens (including phenoxy) is 2. The van der Waals surface area contributed by atoms with Gasteiger partial charge in [-0.3, -0.25) is 4.79 Å². The van der Waals surface area contributed by atoms with Gasteiger partial charge in [-0.25, -0.2) is 0 Å². The Hall–Kier alpha value is -2.49. The number of para-hydroxylation sites is 1. The van der Waals surface area contributed by atoms with E-state index in [2.05, 4.69) is 0 Å².